The molecule has 1 fully saturated rings. The maximum atomic E-state index is 11.6. The van der Waals surface area contributed by atoms with Crippen molar-refractivity contribution >= 4 is 11.5 Å². The van der Waals surface area contributed by atoms with Crippen LogP contribution in [-0.2, 0) is 13.1 Å². The fourth-order valence-electron chi connectivity index (χ4n) is 5.48. The van der Waals surface area contributed by atoms with E-state index in [-0.39, 0.29) is 0 Å². The first-order chi connectivity index (χ1) is 16.3. The number of nitrogens with zero attached hydrogens (tertiary/aromatic N) is 2. The van der Waals surface area contributed by atoms with E-state index < -0.39 is 5.91 Å². The molecule has 1 aliphatic carbocycles. The second-order valence-corrected chi connectivity index (χ2v) is 11.0. The van der Waals surface area contributed by atoms with E-state index in [4.69, 9.17) is 5.21 Å². The van der Waals surface area contributed by atoms with Gasteiger partial charge in [-0.05, 0) is 72.9 Å². The maximum Gasteiger partial charge on any atom is 0.274 e. The van der Waals surface area contributed by atoms with Gasteiger partial charge in [-0.15, -0.1) is 0 Å². The summed E-state index contributed by atoms with van der Waals surface area (Å²) in [7, 11) is 0. The van der Waals surface area contributed by atoms with Gasteiger partial charge in [-0.3, -0.25) is 19.8 Å². The van der Waals surface area contributed by atoms with Crippen LogP contribution < -0.4 is 5.48 Å². The van der Waals surface area contributed by atoms with E-state index in [1.54, 1.807) is 17.6 Å². The lowest BCUT2D eigenvalue weighted by Crippen LogP contribution is -2.55. The van der Waals surface area contributed by atoms with Gasteiger partial charge in [-0.25, -0.2) is 5.48 Å². The van der Waals surface area contributed by atoms with Gasteiger partial charge in [0.1, 0.15) is 0 Å². The zero-order valence-corrected chi connectivity index (χ0v) is 21.1. The molecule has 34 heavy (non-hydrogen) atoms. The summed E-state index contributed by atoms with van der Waals surface area (Å²) in [6.07, 6.45) is 6.06. The number of nitrogens with one attached hydrogen (secondary N) is 1. The Kier molecular flexibility index (Phi) is 7.56. The van der Waals surface area contributed by atoms with Crippen LogP contribution >= 0.6 is 0 Å². The van der Waals surface area contributed by atoms with E-state index in [1.165, 1.54) is 35.1 Å². The molecule has 1 heterocycles. The third-order valence-corrected chi connectivity index (χ3v) is 7.59. The lowest BCUT2D eigenvalue weighted by molar-refractivity contribution is 0.0290. The Morgan fingerprint density at radius 3 is 2.32 bits per heavy atom. The fourth-order valence-corrected chi connectivity index (χ4v) is 5.48. The highest BCUT2D eigenvalue weighted by molar-refractivity contribution is 5.93. The number of carbonyl (C=O) groups excluding carboxylic acids is 1. The van der Waals surface area contributed by atoms with E-state index in [1.807, 2.05) is 12.1 Å². The van der Waals surface area contributed by atoms with E-state index in [2.05, 4.69) is 67.8 Å². The van der Waals surface area contributed by atoms with Crippen LogP contribution in [0.3, 0.4) is 0 Å². The van der Waals surface area contributed by atoms with Gasteiger partial charge in [0.25, 0.3) is 5.91 Å². The number of hydrogen-bond donors (Lipinski definition) is 2. The second kappa shape index (κ2) is 10.4. The molecule has 2 aliphatic rings. The Morgan fingerprint density at radius 2 is 1.71 bits per heavy atom. The quantitative estimate of drug-likeness (QED) is 0.441. The Labute approximate surface area is 204 Å². The van der Waals surface area contributed by atoms with Crippen LogP contribution in [0.4, 0.5) is 0 Å². The maximum absolute atomic E-state index is 11.6. The molecule has 1 aliphatic heterocycles. The molecule has 1 amide bonds. The first-order valence-corrected chi connectivity index (χ1v) is 12.5. The molecule has 2 aromatic rings. The molecule has 0 bridgehead atoms. The van der Waals surface area contributed by atoms with Crippen molar-refractivity contribution in [2.24, 2.45) is 5.41 Å². The minimum absolute atomic E-state index is 0.422. The number of amides is 1. The summed E-state index contributed by atoms with van der Waals surface area (Å²) >= 11 is 0. The van der Waals surface area contributed by atoms with Crippen LogP contribution in [0.1, 0.15) is 74.0 Å². The monoisotopic (exact) mass is 461 g/mol. The average Bonchev–Trinajstić information content (AvgIpc) is 2.82. The van der Waals surface area contributed by atoms with Crippen molar-refractivity contribution in [1.29, 1.82) is 0 Å². The normalized spacial score (nSPS) is 23.4. The first-order valence-electron chi connectivity index (χ1n) is 12.5. The Morgan fingerprint density at radius 1 is 1.03 bits per heavy atom. The molecular weight excluding hydrogens is 422 g/mol. The predicted octanol–water partition coefficient (Wildman–Crippen LogP) is 5.49. The van der Waals surface area contributed by atoms with E-state index in [9.17, 15) is 4.79 Å². The van der Waals surface area contributed by atoms with E-state index >= 15 is 0 Å². The van der Waals surface area contributed by atoms with Crippen LogP contribution in [0.25, 0.3) is 5.57 Å². The molecule has 5 heteroatoms. The molecule has 182 valence electrons. The van der Waals surface area contributed by atoms with E-state index in [0.29, 0.717) is 23.1 Å². The molecule has 0 spiro atoms. The summed E-state index contributed by atoms with van der Waals surface area (Å²) in [6.45, 7) is 13.3. The number of carbonyl (C=O) groups is 1. The first kappa shape index (κ1) is 24.6. The second-order valence-electron chi connectivity index (χ2n) is 11.0. The largest absolute Gasteiger partial charge is 0.296 e. The summed E-state index contributed by atoms with van der Waals surface area (Å²) in [5.41, 5.74) is 8.16. The molecule has 0 radical (unpaired) electrons. The third-order valence-electron chi connectivity index (χ3n) is 7.59. The van der Waals surface area contributed by atoms with Crippen molar-refractivity contribution in [3.05, 3.63) is 76.9 Å². The Balaban J connectivity index is 1.41. The number of benzene rings is 2. The van der Waals surface area contributed by atoms with Crippen molar-refractivity contribution in [3.63, 3.8) is 0 Å². The van der Waals surface area contributed by atoms with Gasteiger partial charge in [0.15, 0.2) is 0 Å². The summed E-state index contributed by atoms with van der Waals surface area (Å²) in [6, 6.07) is 17.3. The minimum Gasteiger partial charge on any atom is -0.296 e. The van der Waals surface area contributed by atoms with Gasteiger partial charge in [0, 0.05) is 43.8 Å². The van der Waals surface area contributed by atoms with Gasteiger partial charge in [-0.2, -0.15) is 0 Å². The molecule has 1 saturated heterocycles. The van der Waals surface area contributed by atoms with Crippen LogP contribution in [0.2, 0.25) is 0 Å². The van der Waals surface area contributed by atoms with Crippen LogP contribution in [0.5, 0.6) is 0 Å². The Bertz CT molecular complexity index is 1020. The summed E-state index contributed by atoms with van der Waals surface area (Å²) in [4.78, 5) is 16.7. The van der Waals surface area contributed by atoms with Gasteiger partial charge in [0.2, 0.25) is 0 Å². The molecule has 5 nitrogen and oxygen atoms in total. The van der Waals surface area contributed by atoms with Crippen molar-refractivity contribution < 1.29 is 10.0 Å². The molecule has 0 saturated carbocycles. The van der Waals surface area contributed by atoms with Crippen molar-refractivity contribution in [3.8, 4) is 0 Å². The zero-order chi connectivity index (χ0) is 24.3. The number of rotatable bonds is 6. The van der Waals surface area contributed by atoms with Crippen LogP contribution in [0, 0.1) is 5.41 Å². The minimum atomic E-state index is -0.477. The van der Waals surface area contributed by atoms with Gasteiger partial charge >= 0.3 is 0 Å². The third kappa shape index (κ3) is 5.77. The van der Waals surface area contributed by atoms with Crippen molar-refractivity contribution in [2.75, 3.05) is 13.1 Å². The molecule has 2 N–H and O–H groups in total. The highest BCUT2D eigenvalue weighted by Crippen LogP contribution is 2.39. The van der Waals surface area contributed by atoms with Crippen LogP contribution in [-0.4, -0.2) is 46.1 Å². The van der Waals surface area contributed by atoms with Gasteiger partial charge < -0.3 is 0 Å². The molecular formula is C29H39N3O2. The smallest absolute Gasteiger partial charge is 0.274 e. The topological polar surface area (TPSA) is 55.8 Å². The van der Waals surface area contributed by atoms with Crippen molar-refractivity contribution in [1.82, 2.24) is 15.3 Å². The highest BCUT2D eigenvalue weighted by Gasteiger charge is 2.30. The lowest BCUT2D eigenvalue weighted by Gasteiger charge is -2.45. The van der Waals surface area contributed by atoms with Crippen LogP contribution in [0.15, 0.2) is 54.6 Å². The Hall–Kier alpha value is -2.47. The van der Waals surface area contributed by atoms with Gasteiger partial charge in [0.05, 0.1) is 0 Å². The summed E-state index contributed by atoms with van der Waals surface area (Å²) in [5, 5.41) is 8.81. The lowest BCUT2D eigenvalue weighted by atomic mass is 9.76. The van der Waals surface area contributed by atoms with Gasteiger partial charge in [-0.1, -0.05) is 56.3 Å². The average molecular weight is 462 g/mol. The molecule has 2 atom stereocenters. The molecule has 2 aromatic carbocycles. The highest BCUT2D eigenvalue weighted by atomic mass is 16.5. The zero-order valence-electron chi connectivity index (χ0n) is 21.1. The molecule has 4 rings (SSSR count). The van der Waals surface area contributed by atoms with E-state index in [0.717, 1.165) is 32.6 Å². The standard InChI is InChI=1S/C29H39N3O2/c1-21-17-31(18-22(2)32(21)19-23-9-11-25(12-10-23)28(33)30-34)20-26-7-5-6-8-27(26)24-13-15-29(3,4)16-14-24/h5-13,21-22,34H,14-20H2,1-4H3,(H,30,33)/t21-,22+. The summed E-state index contributed by atoms with van der Waals surface area (Å²) < 4.78 is 0. The SMILES string of the molecule is C[C@@H]1CN(Cc2ccccc2C2=CCC(C)(C)CC2)C[C@H](C)N1Cc1ccc(C(=O)NO)cc1. The molecule has 0 unspecified atom stereocenters. The number of piperazine rings is 1. The number of hydrogen-bond acceptors (Lipinski definition) is 4. The fraction of sp³-hybridized carbons (Fsp3) is 0.483. The summed E-state index contributed by atoms with van der Waals surface area (Å²) in [5.74, 6) is -0.477. The number of allylic oxidation sites excluding steroid dienone is 2. The predicted molar refractivity (Wildman–Crippen MR) is 137 cm³/mol. The molecule has 0 aromatic heterocycles. The number of hydroxylamine groups is 1. The van der Waals surface area contributed by atoms with Crippen molar-refractivity contribution in [2.45, 2.75) is 72.1 Å².